The number of aryl methyl sites for hydroxylation is 2. The molecular weight excluding hydrogens is 520 g/mol. The van der Waals surface area contributed by atoms with Crippen LogP contribution >= 0.6 is 11.6 Å². The fourth-order valence-electron chi connectivity index (χ4n) is 2.67. The van der Waals surface area contributed by atoms with Gasteiger partial charge in [-0.2, -0.15) is 46.4 Å². The van der Waals surface area contributed by atoms with Gasteiger partial charge in [0.05, 0.1) is 5.69 Å². The van der Waals surface area contributed by atoms with Gasteiger partial charge in [-0.1, -0.05) is 0 Å². The number of ether oxygens (including phenoxy) is 2. The van der Waals surface area contributed by atoms with Gasteiger partial charge in [0.1, 0.15) is 5.75 Å². The summed E-state index contributed by atoms with van der Waals surface area (Å²) in [6.07, 6.45) is -15.9. The van der Waals surface area contributed by atoms with Crippen LogP contribution in [-0.4, -0.2) is 48.8 Å². The fourth-order valence-corrected chi connectivity index (χ4v) is 2.76. The first kappa shape index (κ1) is 26.2. The molecule has 17 heteroatoms. The molecule has 8 nitrogen and oxygen atoms in total. The number of nitrogens with zero attached hydrogens (tertiary/aromatic N) is 5. The standard InChI is InChI=1S/C18H13ClF8N6O2/c1-8-7-9(2)33(32-8)14-29-13(28-10-3-5-11(6-4-10)35-18(19,26)27)30-15(31-14)34-12(16(20,21)22)17(23,24)25/h3-7,12H,1-2H3,(H,28,29,30,31). The smallest absolute Gasteiger partial charge is 0.440 e. The molecule has 0 amide bonds. The normalized spacial score (nSPS) is 12.7. The van der Waals surface area contributed by atoms with Gasteiger partial charge in [0.15, 0.2) is 0 Å². The molecule has 35 heavy (non-hydrogen) atoms. The van der Waals surface area contributed by atoms with Gasteiger partial charge >= 0.3 is 23.9 Å². The molecule has 0 aliphatic heterocycles. The Bertz CT molecular complexity index is 1160. The van der Waals surface area contributed by atoms with E-state index in [9.17, 15) is 35.1 Å². The maximum absolute atomic E-state index is 13.0. The molecule has 3 rings (SSSR count). The molecule has 0 atom stereocenters. The van der Waals surface area contributed by atoms with Gasteiger partial charge in [0.2, 0.25) is 5.95 Å². The molecule has 0 aliphatic carbocycles. The second kappa shape index (κ2) is 9.31. The van der Waals surface area contributed by atoms with Gasteiger partial charge in [-0.05, 0) is 44.2 Å². The summed E-state index contributed by atoms with van der Waals surface area (Å²) in [6, 6.07) is 4.73. The number of benzene rings is 1. The van der Waals surface area contributed by atoms with Crippen LogP contribution < -0.4 is 14.8 Å². The highest BCUT2D eigenvalue weighted by Crippen LogP contribution is 2.36. The second-order valence-corrected chi connectivity index (χ2v) is 7.30. The van der Waals surface area contributed by atoms with Gasteiger partial charge < -0.3 is 14.8 Å². The minimum atomic E-state index is -5.82. The van der Waals surface area contributed by atoms with Crippen LogP contribution in [0.2, 0.25) is 0 Å². The van der Waals surface area contributed by atoms with Crippen LogP contribution in [0.3, 0.4) is 0 Å². The van der Waals surface area contributed by atoms with Crippen molar-refractivity contribution in [2.45, 2.75) is 37.9 Å². The Morgan fingerprint density at radius 2 is 1.51 bits per heavy atom. The zero-order valence-corrected chi connectivity index (χ0v) is 18.2. The quantitative estimate of drug-likeness (QED) is 0.319. The number of alkyl halides is 9. The zero-order valence-electron chi connectivity index (χ0n) is 17.4. The van der Waals surface area contributed by atoms with E-state index in [0.717, 1.165) is 16.8 Å². The van der Waals surface area contributed by atoms with Crippen molar-refractivity contribution < 1.29 is 44.6 Å². The van der Waals surface area contributed by atoms with Crippen molar-refractivity contribution in [3.05, 3.63) is 41.7 Å². The highest BCUT2D eigenvalue weighted by atomic mass is 35.5. The van der Waals surface area contributed by atoms with Gasteiger partial charge in [-0.3, -0.25) is 0 Å². The SMILES string of the molecule is Cc1cc(C)n(-c2nc(Nc3ccc(OC(F)(F)Cl)cc3)nc(OC(C(F)(F)F)C(F)(F)F)n2)n1. The van der Waals surface area contributed by atoms with Crippen LogP contribution in [0.4, 0.5) is 46.8 Å². The number of aromatic nitrogens is 5. The molecule has 0 saturated carbocycles. The average Bonchev–Trinajstić information content (AvgIpc) is 3.03. The molecule has 1 aromatic carbocycles. The lowest BCUT2D eigenvalue weighted by Crippen LogP contribution is -2.47. The topological polar surface area (TPSA) is 87.0 Å². The van der Waals surface area contributed by atoms with Crippen LogP contribution in [0.1, 0.15) is 11.4 Å². The molecule has 2 heterocycles. The first-order chi connectivity index (χ1) is 16.0. The third-order valence-electron chi connectivity index (χ3n) is 3.96. The molecule has 0 saturated heterocycles. The Morgan fingerprint density at radius 1 is 0.914 bits per heavy atom. The summed E-state index contributed by atoms with van der Waals surface area (Å²) in [6.45, 7) is 3.12. The van der Waals surface area contributed by atoms with Gasteiger partial charge in [0, 0.05) is 23.0 Å². The maximum atomic E-state index is 13.0. The van der Waals surface area contributed by atoms with E-state index in [4.69, 9.17) is 0 Å². The Labute approximate surface area is 195 Å². The van der Waals surface area contributed by atoms with Crippen molar-refractivity contribution >= 4 is 23.2 Å². The van der Waals surface area contributed by atoms with E-state index in [-0.39, 0.29) is 11.4 Å². The highest BCUT2D eigenvalue weighted by Gasteiger charge is 2.59. The fraction of sp³-hybridized carbons (Fsp3) is 0.333. The van der Waals surface area contributed by atoms with Crippen LogP contribution in [-0.2, 0) is 0 Å². The molecular formula is C18H13ClF8N6O2. The minimum Gasteiger partial charge on any atom is -0.440 e. The predicted octanol–water partition coefficient (Wildman–Crippen LogP) is 5.46. The Morgan fingerprint density at radius 3 is 2.00 bits per heavy atom. The van der Waals surface area contributed by atoms with Crippen molar-refractivity contribution in [2.75, 3.05) is 5.32 Å². The number of nitrogens with one attached hydrogen (secondary N) is 1. The second-order valence-electron chi connectivity index (χ2n) is 6.86. The maximum Gasteiger partial charge on any atom is 0.487 e. The van der Waals surface area contributed by atoms with Crippen LogP contribution in [0, 0.1) is 13.8 Å². The third kappa shape index (κ3) is 7.03. The summed E-state index contributed by atoms with van der Waals surface area (Å²) in [4.78, 5) is 10.9. The molecule has 190 valence electrons. The number of hydrogen-bond donors (Lipinski definition) is 1. The number of anilines is 2. The summed E-state index contributed by atoms with van der Waals surface area (Å²) in [7, 11) is 0. The molecule has 3 aromatic rings. The molecule has 0 bridgehead atoms. The van der Waals surface area contributed by atoms with E-state index >= 15 is 0 Å². The van der Waals surface area contributed by atoms with E-state index in [1.165, 1.54) is 19.1 Å². The Balaban J connectivity index is 1.99. The first-order valence-corrected chi connectivity index (χ1v) is 9.62. The molecule has 0 spiro atoms. The summed E-state index contributed by atoms with van der Waals surface area (Å²) in [5, 5.41) is 6.53. The molecule has 1 N–H and O–H groups in total. The summed E-state index contributed by atoms with van der Waals surface area (Å²) < 4.78 is 113. The van der Waals surface area contributed by atoms with E-state index in [1.807, 2.05) is 0 Å². The number of rotatable bonds is 7. The Hall–Kier alpha value is -3.43. The predicted molar refractivity (Wildman–Crippen MR) is 104 cm³/mol. The van der Waals surface area contributed by atoms with Crippen molar-refractivity contribution in [2.24, 2.45) is 0 Å². The van der Waals surface area contributed by atoms with Crippen molar-refractivity contribution in [1.82, 2.24) is 24.7 Å². The molecule has 0 unspecified atom stereocenters. The molecule has 0 aliphatic rings. The highest BCUT2D eigenvalue weighted by molar-refractivity contribution is 6.20. The van der Waals surface area contributed by atoms with Crippen molar-refractivity contribution in [3.63, 3.8) is 0 Å². The molecule has 2 aromatic heterocycles. The lowest BCUT2D eigenvalue weighted by atomic mass is 10.3. The summed E-state index contributed by atoms with van der Waals surface area (Å²) >= 11 is 4.67. The van der Waals surface area contributed by atoms with Crippen LogP contribution in [0.5, 0.6) is 11.8 Å². The van der Waals surface area contributed by atoms with Crippen LogP contribution in [0.25, 0.3) is 5.95 Å². The van der Waals surface area contributed by atoms with E-state index in [2.05, 4.69) is 46.4 Å². The summed E-state index contributed by atoms with van der Waals surface area (Å²) in [5.41, 5.74) is -3.03. The molecule has 0 fully saturated rings. The Kier molecular flexibility index (Phi) is 6.97. The zero-order chi connectivity index (χ0) is 26.2. The number of hydrogen-bond acceptors (Lipinski definition) is 7. The van der Waals surface area contributed by atoms with Crippen molar-refractivity contribution in [3.8, 4) is 17.7 Å². The van der Waals surface area contributed by atoms with Gasteiger partial charge in [-0.15, -0.1) is 8.78 Å². The lowest BCUT2D eigenvalue weighted by Gasteiger charge is -2.23. The number of halogens is 9. The van der Waals surface area contributed by atoms with Gasteiger partial charge in [-0.25, -0.2) is 4.68 Å². The minimum absolute atomic E-state index is 0.0925. The van der Waals surface area contributed by atoms with Crippen LogP contribution in [0.15, 0.2) is 30.3 Å². The third-order valence-corrected chi connectivity index (χ3v) is 4.04. The lowest BCUT2D eigenvalue weighted by molar-refractivity contribution is -0.301. The summed E-state index contributed by atoms with van der Waals surface area (Å²) in [5.74, 6) is -1.32. The monoisotopic (exact) mass is 532 g/mol. The van der Waals surface area contributed by atoms with Gasteiger partial charge in [0.25, 0.3) is 12.1 Å². The largest absolute Gasteiger partial charge is 0.487 e. The van der Waals surface area contributed by atoms with E-state index in [0.29, 0.717) is 11.4 Å². The van der Waals surface area contributed by atoms with Crippen molar-refractivity contribution in [1.29, 1.82) is 0 Å². The molecule has 0 radical (unpaired) electrons. The van der Waals surface area contributed by atoms with E-state index < -0.39 is 41.9 Å². The first-order valence-electron chi connectivity index (χ1n) is 9.24. The van der Waals surface area contributed by atoms with E-state index in [1.54, 1.807) is 13.0 Å². The average molecular weight is 533 g/mol.